The molecule has 1 aromatic carbocycles. The SMILES string of the molecule is FC(F)Sc1nc(Cl)c(Br)n1-c1c(Cl)cc(Cl)cc1Cl. The summed E-state index contributed by atoms with van der Waals surface area (Å²) in [6.07, 6.45) is 0. The molecule has 0 unspecified atom stereocenters. The van der Waals surface area contributed by atoms with Crippen molar-refractivity contribution in [1.29, 1.82) is 0 Å². The Morgan fingerprint density at radius 1 is 1.15 bits per heavy atom. The van der Waals surface area contributed by atoms with Crippen LogP contribution >= 0.6 is 74.1 Å². The van der Waals surface area contributed by atoms with E-state index in [1.165, 1.54) is 16.7 Å². The monoisotopic (exact) mass is 440 g/mol. The van der Waals surface area contributed by atoms with Crippen molar-refractivity contribution in [2.24, 2.45) is 0 Å². The summed E-state index contributed by atoms with van der Waals surface area (Å²) < 4.78 is 26.8. The molecule has 0 amide bonds. The number of imidazole rings is 1. The van der Waals surface area contributed by atoms with Crippen LogP contribution in [0.1, 0.15) is 0 Å². The van der Waals surface area contributed by atoms with Crippen LogP contribution < -0.4 is 0 Å². The maximum absolute atomic E-state index is 12.6. The molecular formula is C10H3BrCl4F2N2S. The lowest BCUT2D eigenvalue weighted by molar-refractivity contribution is 0.251. The van der Waals surface area contributed by atoms with Gasteiger partial charge in [-0.15, -0.1) is 0 Å². The van der Waals surface area contributed by atoms with Gasteiger partial charge in [0, 0.05) is 5.02 Å². The van der Waals surface area contributed by atoms with Crippen LogP contribution in [0, 0.1) is 0 Å². The molecule has 0 aliphatic rings. The van der Waals surface area contributed by atoms with Crippen LogP contribution in [0.5, 0.6) is 0 Å². The zero-order chi connectivity index (χ0) is 15.0. The highest BCUT2D eigenvalue weighted by atomic mass is 79.9. The molecule has 0 atom stereocenters. The lowest BCUT2D eigenvalue weighted by Gasteiger charge is -2.12. The van der Waals surface area contributed by atoms with Gasteiger partial charge in [0.2, 0.25) is 0 Å². The highest BCUT2D eigenvalue weighted by molar-refractivity contribution is 9.10. The summed E-state index contributed by atoms with van der Waals surface area (Å²) in [6, 6.07) is 2.89. The van der Waals surface area contributed by atoms with Crippen molar-refractivity contribution in [1.82, 2.24) is 9.55 Å². The van der Waals surface area contributed by atoms with Gasteiger partial charge in [-0.25, -0.2) is 4.98 Å². The van der Waals surface area contributed by atoms with E-state index < -0.39 is 5.76 Å². The molecule has 0 radical (unpaired) electrons. The Kier molecular flexibility index (Phi) is 5.48. The number of halogens is 7. The van der Waals surface area contributed by atoms with Crippen molar-refractivity contribution in [3.05, 3.63) is 37.0 Å². The predicted octanol–water partition coefficient (Wildman–Crippen LogP) is 6.56. The molecule has 2 rings (SSSR count). The molecule has 1 heterocycles. The quantitative estimate of drug-likeness (QED) is 0.501. The maximum atomic E-state index is 12.6. The summed E-state index contributed by atoms with van der Waals surface area (Å²) >= 11 is 27.2. The number of rotatable bonds is 3. The average molecular weight is 443 g/mol. The zero-order valence-electron chi connectivity index (χ0n) is 9.18. The molecule has 2 aromatic rings. The fourth-order valence-electron chi connectivity index (χ4n) is 1.46. The molecule has 0 spiro atoms. The number of thioether (sulfide) groups is 1. The van der Waals surface area contributed by atoms with Gasteiger partial charge in [-0.2, -0.15) is 8.78 Å². The van der Waals surface area contributed by atoms with Crippen LogP contribution in [-0.4, -0.2) is 15.3 Å². The Morgan fingerprint density at radius 3 is 2.20 bits per heavy atom. The van der Waals surface area contributed by atoms with Crippen LogP contribution in [0.4, 0.5) is 8.78 Å². The highest BCUT2D eigenvalue weighted by Gasteiger charge is 2.23. The van der Waals surface area contributed by atoms with Gasteiger partial charge in [0.25, 0.3) is 5.76 Å². The number of hydrogen-bond donors (Lipinski definition) is 0. The molecule has 0 saturated carbocycles. The number of nitrogens with zero attached hydrogens (tertiary/aromatic N) is 2. The zero-order valence-corrected chi connectivity index (χ0v) is 14.6. The third-order valence-corrected chi connectivity index (χ3v) is 4.83. The topological polar surface area (TPSA) is 17.8 Å². The first-order valence-corrected chi connectivity index (χ1v) is 8.03. The van der Waals surface area contributed by atoms with Gasteiger partial charge in [-0.1, -0.05) is 46.4 Å². The lowest BCUT2D eigenvalue weighted by Crippen LogP contribution is -2.00. The summed E-state index contributed by atoms with van der Waals surface area (Å²) in [5.41, 5.74) is 0.271. The van der Waals surface area contributed by atoms with E-state index >= 15 is 0 Å². The van der Waals surface area contributed by atoms with Crippen molar-refractivity contribution in [2.45, 2.75) is 10.9 Å². The van der Waals surface area contributed by atoms with Gasteiger partial charge in [0.05, 0.1) is 15.7 Å². The third-order valence-electron chi connectivity index (χ3n) is 2.15. The second-order valence-corrected chi connectivity index (χ2v) is 6.73. The molecule has 108 valence electrons. The minimum atomic E-state index is -2.66. The standard InChI is InChI=1S/C10H3BrCl4F2N2S/c11-7-8(15)18-10(20-9(16)17)19(7)6-4(13)1-3(12)2-5(6)14/h1-2,9H. The molecule has 0 aliphatic carbocycles. The maximum Gasteiger partial charge on any atom is 0.291 e. The number of aromatic nitrogens is 2. The normalized spacial score (nSPS) is 11.4. The first-order valence-electron chi connectivity index (χ1n) is 4.84. The van der Waals surface area contributed by atoms with Crippen LogP contribution in [0.25, 0.3) is 5.69 Å². The summed E-state index contributed by atoms with van der Waals surface area (Å²) in [6.45, 7) is 0. The Labute approximate surface area is 145 Å². The second-order valence-electron chi connectivity index (χ2n) is 3.41. The first kappa shape index (κ1) is 16.6. The van der Waals surface area contributed by atoms with Crippen LogP contribution in [0.2, 0.25) is 20.2 Å². The molecule has 0 aliphatic heterocycles. The van der Waals surface area contributed by atoms with E-state index in [0.717, 1.165) is 0 Å². The molecule has 0 saturated heterocycles. The van der Waals surface area contributed by atoms with E-state index in [1.54, 1.807) is 0 Å². The van der Waals surface area contributed by atoms with E-state index in [1.807, 2.05) is 0 Å². The molecule has 0 bridgehead atoms. The Hall–Kier alpha value is 0.280. The molecule has 2 nitrogen and oxygen atoms in total. The fraction of sp³-hybridized carbons (Fsp3) is 0.100. The Morgan fingerprint density at radius 2 is 1.70 bits per heavy atom. The predicted molar refractivity (Wildman–Crippen MR) is 83.2 cm³/mol. The van der Waals surface area contributed by atoms with Crippen LogP contribution in [0.15, 0.2) is 21.9 Å². The first-order chi connectivity index (χ1) is 9.31. The Bertz CT molecular complexity index is 642. The number of benzene rings is 1. The summed E-state index contributed by atoms with van der Waals surface area (Å²) in [5.74, 6) is -2.66. The van der Waals surface area contributed by atoms with Gasteiger partial charge in [0.1, 0.15) is 4.60 Å². The summed E-state index contributed by atoms with van der Waals surface area (Å²) in [7, 11) is 0. The van der Waals surface area contributed by atoms with Crippen molar-refractivity contribution < 1.29 is 8.78 Å². The van der Waals surface area contributed by atoms with Crippen LogP contribution in [-0.2, 0) is 0 Å². The van der Waals surface area contributed by atoms with Crippen molar-refractivity contribution in [3.63, 3.8) is 0 Å². The number of alkyl halides is 2. The van der Waals surface area contributed by atoms with Gasteiger partial charge in [-0.05, 0) is 39.8 Å². The minimum absolute atomic E-state index is 0.0234. The van der Waals surface area contributed by atoms with Crippen molar-refractivity contribution in [3.8, 4) is 5.69 Å². The minimum Gasteiger partial charge on any atom is -0.277 e. The second kappa shape index (κ2) is 6.58. The number of hydrogen-bond acceptors (Lipinski definition) is 2. The van der Waals surface area contributed by atoms with Gasteiger partial charge in [-0.3, -0.25) is 4.57 Å². The van der Waals surface area contributed by atoms with Crippen molar-refractivity contribution in [2.75, 3.05) is 0 Å². The van der Waals surface area contributed by atoms with E-state index in [-0.39, 0.29) is 42.4 Å². The summed E-state index contributed by atoms with van der Waals surface area (Å²) in [5, 5.41) is 0.689. The van der Waals surface area contributed by atoms with E-state index in [9.17, 15) is 8.78 Å². The largest absolute Gasteiger partial charge is 0.291 e. The van der Waals surface area contributed by atoms with Gasteiger partial charge >= 0.3 is 0 Å². The molecule has 20 heavy (non-hydrogen) atoms. The third kappa shape index (κ3) is 3.36. The smallest absolute Gasteiger partial charge is 0.277 e. The highest BCUT2D eigenvalue weighted by Crippen LogP contribution is 2.40. The van der Waals surface area contributed by atoms with Crippen LogP contribution in [0.3, 0.4) is 0 Å². The van der Waals surface area contributed by atoms with E-state index in [0.29, 0.717) is 5.02 Å². The summed E-state index contributed by atoms with van der Waals surface area (Å²) in [4.78, 5) is 3.85. The van der Waals surface area contributed by atoms with E-state index in [2.05, 4.69) is 20.9 Å². The lowest BCUT2D eigenvalue weighted by atomic mass is 10.3. The molecular weight excluding hydrogens is 440 g/mol. The average Bonchev–Trinajstić information content (AvgIpc) is 2.54. The van der Waals surface area contributed by atoms with Crippen molar-refractivity contribution >= 4 is 74.1 Å². The molecule has 0 N–H and O–H groups in total. The Balaban J connectivity index is 2.69. The van der Waals surface area contributed by atoms with Gasteiger partial charge in [0.15, 0.2) is 10.3 Å². The van der Waals surface area contributed by atoms with E-state index in [4.69, 9.17) is 46.4 Å². The fourth-order valence-corrected chi connectivity index (χ4v) is 3.80. The molecule has 10 heteroatoms. The molecule has 1 aromatic heterocycles. The molecule has 0 fully saturated rings. The van der Waals surface area contributed by atoms with Gasteiger partial charge < -0.3 is 0 Å².